The van der Waals surface area contributed by atoms with Crippen LogP contribution < -0.4 is 10.3 Å². The molecule has 0 saturated carbocycles. The van der Waals surface area contributed by atoms with Crippen LogP contribution in [0.4, 0.5) is 5.69 Å². The van der Waals surface area contributed by atoms with E-state index in [1.54, 1.807) is 29.2 Å². The summed E-state index contributed by atoms with van der Waals surface area (Å²) in [5.74, 6) is 0.306. The van der Waals surface area contributed by atoms with Crippen LogP contribution >= 0.6 is 0 Å². The highest BCUT2D eigenvalue weighted by Crippen LogP contribution is 2.37. The lowest BCUT2D eigenvalue weighted by molar-refractivity contribution is 0.101. The smallest absolute Gasteiger partial charge is 0.263 e. The first-order valence-electron chi connectivity index (χ1n) is 8.96. The molecule has 0 unspecified atom stereocenters. The maximum Gasteiger partial charge on any atom is 0.263 e. The molecule has 0 fully saturated rings. The van der Waals surface area contributed by atoms with E-state index >= 15 is 0 Å². The minimum atomic E-state index is -0.113. The average Bonchev–Trinajstić information content (AvgIpc) is 3.01. The molecule has 0 saturated heterocycles. The van der Waals surface area contributed by atoms with E-state index in [1.165, 1.54) is 6.07 Å². The van der Waals surface area contributed by atoms with Gasteiger partial charge in [0.15, 0.2) is 5.43 Å². The molecule has 1 aromatic heterocycles. The minimum absolute atomic E-state index is 0.101. The quantitative estimate of drug-likeness (QED) is 0.505. The summed E-state index contributed by atoms with van der Waals surface area (Å²) in [6.07, 6.45) is 1.75. The number of carbonyl (C=O) groups is 1. The van der Waals surface area contributed by atoms with Crippen molar-refractivity contribution in [3.8, 4) is 0 Å². The summed E-state index contributed by atoms with van der Waals surface area (Å²) in [5, 5.41) is 0.535. The first-order valence-corrected chi connectivity index (χ1v) is 8.96. The van der Waals surface area contributed by atoms with Crippen molar-refractivity contribution in [2.45, 2.75) is 0 Å². The van der Waals surface area contributed by atoms with Gasteiger partial charge in [0.1, 0.15) is 11.3 Å². The Labute approximate surface area is 161 Å². The Morgan fingerprint density at radius 3 is 2.25 bits per heavy atom. The van der Waals surface area contributed by atoms with Gasteiger partial charge in [-0.1, -0.05) is 48.5 Å². The van der Waals surface area contributed by atoms with Crippen molar-refractivity contribution >= 4 is 34.3 Å². The summed E-state index contributed by atoms with van der Waals surface area (Å²) >= 11 is 0. The summed E-state index contributed by atoms with van der Waals surface area (Å²) < 4.78 is 5.92. The molecule has 4 heteroatoms. The molecule has 28 heavy (non-hydrogen) atoms. The van der Waals surface area contributed by atoms with Gasteiger partial charge in [0.05, 0.1) is 11.1 Å². The van der Waals surface area contributed by atoms with Gasteiger partial charge >= 0.3 is 0 Å². The zero-order valence-corrected chi connectivity index (χ0v) is 14.8. The SMILES string of the molecule is O=C1c2ccccc2/C(=C\c2cc(=O)c3ccccc3o2)N1c1ccccc1. The largest absolute Gasteiger partial charge is 0.456 e. The van der Waals surface area contributed by atoms with Crippen LogP contribution in [-0.2, 0) is 0 Å². The van der Waals surface area contributed by atoms with E-state index in [0.717, 1.165) is 11.3 Å². The van der Waals surface area contributed by atoms with Crippen molar-refractivity contribution in [3.05, 3.63) is 112 Å². The molecule has 1 aliphatic rings. The number of hydrogen-bond acceptors (Lipinski definition) is 3. The van der Waals surface area contributed by atoms with Gasteiger partial charge < -0.3 is 4.42 Å². The van der Waals surface area contributed by atoms with Crippen molar-refractivity contribution < 1.29 is 9.21 Å². The second-order valence-corrected chi connectivity index (χ2v) is 6.56. The molecule has 134 valence electrons. The Morgan fingerprint density at radius 2 is 1.43 bits per heavy atom. The molecule has 1 aliphatic heterocycles. The van der Waals surface area contributed by atoms with E-state index in [4.69, 9.17) is 4.42 Å². The lowest BCUT2D eigenvalue weighted by atomic mass is 10.1. The summed E-state index contributed by atoms with van der Waals surface area (Å²) in [5.41, 5.74) is 3.29. The Kier molecular flexibility index (Phi) is 3.69. The molecule has 0 bridgehead atoms. The Bertz CT molecular complexity index is 1300. The molecular weight excluding hydrogens is 350 g/mol. The fourth-order valence-corrected chi connectivity index (χ4v) is 3.55. The van der Waals surface area contributed by atoms with Crippen molar-refractivity contribution in [1.29, 1.82) is 0 Å². The molecule has 1 amide bonds. The maximum absolute atomic E-state index is 13.1. The van der Waals surface area contributed by atoms with Crippen LogP contribution in [0.3, 0.4) is 0 Å². The van der Waals surface area contributed by atoms with Crippen LogP contribution in [0.15, 0.2) is 94.1 Å². The number of benzene rings is 3. The number of rotatable bonds is 2. The molecule has 0 spiro atoms. The predicted molar refractivity (Wildman–Crippen MR) is 110 cm³/mol. The maximum atomic E-state index is 13.1. The molecule has 5 rings (SSSR count). The minimum Gasteiger partial charge on any atom is -0.456 e. The second-order valence-electron chi connectivity index (χ2n) is 6.56. The van der Waals surface area contributed by atoms with Crippen LogP contribution in [0.25, 0.3) is 22.7 Å². The zero-order valence-electron chi connectivity index (χ0n) is 14.8. The highest BCUT2D eigenvalue weighted by molar-refractivity contribution is 6.24. The van der Waals surface area contributed by atoms with Crippen LogP contribution in [-0.4, -0.2) is 5.91 Å². The lowest BCUT2D eigenvalue weighted by Gasteiger charge is -2.18. The van der Waals surface area contributed by atoms with Gasteiger partial charge in [-0.25, -0.2) is 0 Å². The predicted octanol–water partition coefficient (Wildman–Crippen LogP) is 4.95. The highest BCUT2D eigenvalue weighted by atomic mass is 16.3. The standard InChI is InChI=1S/C24H15NO3/c26-22-15-17(28-23-13-7-6-12-20(22)23)14-21-18-10-4-5-11-19(18)24(27)25(21)16-8-2-1-3-9-16/h1-15H/b21-14+. The molecule has 0 atom stereocenters. The number of fused-ring (bicyclic) bond motifs is 2. The third kappa shape index (κ3) is 2.55. The monoisotopic (exact) mass is 365 g/mol. The Hall–Kier alpha value is -3.92. The lowest BCUT2D eigenvalue weighted by Crippen LogP contribution is -2.22. The van der Waals surface area contributed by atoms with E-state index in [9.17, 15) is 9.59 Å². The molecule has 0 radical (unpaired) electrons. The van der Waals surface area contributed by atoms with Crippen LogP contribution in [0.2, 0.25) is 0 Å². The second kappa shape index (κ2) is 6.35. The molecular formula is C24H15NO3. The first kappa shape index (κ1) is 16.3. The van der Waals surface area contributed by atoms with E-state index < -0.39 is 0 Å². The van der Waals surface area contributed by atoms with Crippen molar-refractivity contribution in [2.75, 3.05) is 4.90 Å². The molecule has 2 heterocycles. The summed E-state index contributed by atoms with van der Waals surface area (Å²) in [4.78, 5) is 27.2. The van der Waals surface area contributed by atoms with E-state index in [2.05, 4.69) is 0 Å². The van der Waals surface area contributed by atoms with Gasteiger partial charge in [0.2, 0.25) is 0 Å². The number of hydrogen-bond donors (Lipinski definition) is 0. The van der Waals surface area contributed by atoms with Crippen molar-refractivity contribution in [3.63, 3.8) is 0 Å². The normalized spacial score (nSPS) is 14.6. The number of para-hydroxylation sites is 2. The Balaban J connectivity index is 1.74. The molecule has 4 nitrogen and oxygen atoms in total. The molecule has 4 aromatic rings. The summed E-state index contributed by atoms with van der Waals surface area (Å²) in [6.45, 7) is 0. The van der Waals surface area contributed by atoms with E-state index in [1.807, 2.05) is 60.7 Å². The van der Waals surface area contributed by atoms with Crippen molar-refractivity contribution in [2.24, 2.45) is 0 Å². The third-order valence-electron chi connectivity index (χ3n) is 4.82. The van der Waals surface area contributed by atoms with Gasteiger partial charge in [-0.05, 0) is 30.3 Å². The highest BCUT2D eigenvalue weighted by Gasteiger charge is 2.33. The van der Waals surface area contributed by atoms with E-state index in [0.29, 0.717) is 28.0 Å². The average molecular weight is 365 g/mol. The van der Waals surface area contributed by atoms with Gasteiger partial charge in [-0.3, -0.25) is 14.5 Å². The van der Waals surface area contributed by atoms with Gasteiger partial charge in [0, 0.05) is 29.0 Å². The summed E-state index contributed by atoms with van der Waals surface area (Å²) in [6, 6.07) is 25.5. The van der Waals surface area contributed by atoms with Crippen LogP contribution in [0, 0.1) is 0 Å². The third-order valence-corrected chi connectivity index (χ3v) is 4.82. The van der Waals surface area contributed by atoms with Crippen LogP contribution in [0.1, 0.15) is 21.7 Å². The van der Waals surface area contributed by atoms with E-state index in [-0.39, 0.29) is 11.3 Å². The fourth-order valence-electron chi connectivity index (χ4n) is 3.55. The number of nitrogens with zero attached hydrogens (tertiary/aromatic N) is 1. The topological polar surface area (TPSA) is 50.5 Å². The number of anilines is 1. The zero-order chi connectivity index (χ0) is 19.1. The molecule has 0 N–H and O–H groups in total. The fraction of sp³-hybridized carbons (Fsp3) is 0. The van der Waals surface area contributed by atoms with Crippen molar-refractivity contribution in [1.82, 2.24) is 0 Å². The Morgan fingerprint density at radius 1 is 0.750 bits per heavy atom. The molecule has 3 aromatic carbocycles. The number of carbonyl (C=O) groups excluding carboxylic acids is 1. The van der Waals surface area contributed by atoms with Gasteiger partial charge in [0.25, 0.3) is 5.91 Å². The van der Waals surface area contributed by atoms with Gasteiger partial charge in [-0.15, -0.1) is 0 Å². The summed E-state index contributed by atoms with van der Waals surface area (Å²) in [7, 11) is 0. The molecule has 0 aliphatic carbocycles. The number of amides is 1. The van der Waals surface area contributed by atoms with Gasteiger partial charge in [-0.2, -0.15) is 0 Å². The van der Waals surface area contributed by atoms with Crippen LogP contribution in [0.5, 0.6) is 0 Å². The first-order chi connectivity index (χ1) is 13.7.